The molecule has 2 rings (SSSR count). The Morgan fingerprint density at radius 3 is 2.28 bits per heavy atom. The van der Waals surface area contributed by atoms with Crippen LogP contribution < -0.4 is 0 Å². The topological polar surface area (TPSA) is 77.9 Å². The van der Waals surface area contributed by atoms with Gasteiger partial charge in [-0.25, -0.2) is 4.79 Å². The maximum atomic E-state index is 12.0. The molecule has 0 aromatic heterocycles. The number of carboxylic acids is 1. The zero-order chi connectivity index (χ0) is 13.3. The third-order valence-corrected chi connectivity index (χ3v) is 5.00. The van der Waals surface area contributed by atoms with Crippen molar-refractivity contribution in [1.29, 1.82) is 0 Å². The Balaban J connectivity index is 1.79. The van der Waals surface area contributed by atoms with E-state index in [1.54, 1.807) is 16.7 Å². The molecule has 0 radical (unpaired) electrons. The van der Waals surface area contributed by atoms with E-state index in [9.17, 15) is 13.8 Å². The third kappa shape index (κ3) is 2.66. The molecular weight excluding hydrogens is 256 g/mol. The number of amides is 2. The molecule has 0 saturated carbocycles. The molecule has 102 valence electrons. The number of hydrogen-bond donors (Lipinski definition) is 1. The zero-order valence-corrected chi connectivity index (χ0v) is 11.2. The number of carbonyl (C=O) groups is 2. The van der Waals surface area contributed by atoms with E-state index in [1.807, 2.05) is 0 Å². The molecule has 0 spiro atoms. The highest BCUT2D eigenvalue weighted by atomic mass is 32.2. The number of urea groups is 1. The van der Waals surface area contributed by atoms with Gasteiger partial charge >= 0.3 is 12.0 Å². The van der Waals surface area contributed by atoms with Gasteiger partial charge in [-0.15, -0.1) is 0 Å². The Bertz CT molecular complexity index is 371. The number of carbonyl (C=O) groups excluding carboxylic acids is 1. The van der Waals surface area contributed by atoms with E-state index in [1.165, 1.54) is 0 Å². The van der Waals surface area contributed by atoms with Crippen LogP contribution in [-0.4, -0.2) is 68.8 Å². The van der Waals surface area contributed by atoms with E-state index in [4.69, 9.17) is 5.11 Å². The molecule has 6 nitrogen and oxygen atoms in total. The third-order valence-electron chi connectivity index (χ3n) is 3.73. The largest absolute Gasteiger partial charge is 0.481 e. The molecule has 0 aromatic rings. The van der Waals surface area contributed by atoms with Gasteiger partial charge in [0.15, 0.2) is 0 Å². The molecule has 1 unspecified atom stereocenters. The van der Waals surface area contributed by atoms with Crippen LogP contribution in [0.5, 0.6) is 0 Å². The molecule has 2 fully saturated rings. The van der Waals surface area contributed by atoms with Crippen LogP contribution in [0.4, 0.5) is 4.79 Å². The normalized spacial score (nSPS) is 23.6. The average Bonchev–Trinajstić information content (AvgIpc) is 2.27. The molecule has 1 N–H and O–H groups in total. The van der Waals surface area contributed by atoms with Crippen LogP contribution in [0, 0.1) is 11.8 Å². The zero-order valence-electron chi connectivity index (χ0n) is 10.4. The summed E-state index contributed by atoms with van der Waals surface area (Å²) < 4.78 is 11.2. The van der Waals surface area contributed by atoms with Gasteiger partial charge in [-0.3, -0.25) is 9.00 Å². The number of likely N-dealkylation sites (tertiary alicyclic amines) is 1. The van der Waals surface area contributed by atoms with E-state index in [0.29, 0.717) is 37.7 Å². The Morgan fingerprint density at radius 2 is 1.78 bits per heavy atom. The second-order valence-electron chi connectivity index (χ2n) is 4.91. The van der Waals surface area contributed by atoms with Crippen molar-refractivity contribution >= 4 is 22.8 Å². The van der Waals surface area contributed by atoms with Crippen molar-refractivity contribution in [2.24, 2.45) is 11.8 Å². The minimum absolute atomic E-state index is 0.0412. The summed E-state index contributed by atoms with van der Waals surface area (Å²) >= 11 is 0. The molecule has 0 bridgehead atoms. The van der Waals surface area contributed by atoms with Gasteiger partial charge in [0, 0.05) is 54.4 Å². The van der Waals surface area contributed by atoms with Crippen molar-refractivity contribution in [3.05, 3.63) is 0 Å². The first-order valence-corrected chi connectivity index (χ1v) is 7.59. The van der Waals surface area contributed by atoms with Crippen LogP contribution >= 0.6 is 0 Å². The fraction of sp³-hybridized carbons (Fsp3) is 0.818. The maximum absolute atomic E-state index is 12.0. The highest BCUT2D eigenvalue weighted by molar-refractivity contribution is 7.85. The van der Waals surface area contributed by atoms with Crippen LogP contribution in [0.15, 0.2) is 0 Å². The predicted molar refractivity (Wildman–Crippen MR) is 66.7 cm³/mol. The van der Waals surface area contributed by atoms with Crippen LogP contribution in [0.2, 0.25) is 0 Å². The maximum Gasteiger partial charge on any atom is 0.320 e. The summed E-state index contributed by atoms with van der Waals surface area (Å²) in [6, 6.07) is -0.0412. The lowest BCUT2D eigenvalue weighted by Gasteiger charge is -2.44. The van der Waals surface area contributed by atoms with Crippen molar-refractivity contribution in [2.75, 3.05) is 37.7 Å². The van der Waals surface area contributed by atoms with Gasteiger partial charge in [0.1, 0.15) is 0 Å². The second-order valence-corrected chi connectivity index (χ2v) is 6.61. The fourth-order valence-corrected chi connectivity index (χ4v) is 3.27. The molecule has 18 heavy (non-hydrogen) atoms. The van der Waals surface area contributed by atoms with Crippen LogP contribution in [0.25, 0.3) is 0 Å². The summed E-state index contributed by atoms with van der Waals surface area (Å²) in [6.45, 7) is 3.80. The number of hydrogen-bond acceptors (Lipinski definition) is 3. The molecule has 0 aromatic carbocycles. The van der Waals surface area contributed by atoms with Gasteiger partial charge in [-0.2, -0.15) is 0 Å². The van der Waals surface area contributed by atoms with E-state index in [0.717, 1.165) is 0 Å². The number of aliphatic carboxylic acids is 1. The standard InChI is InChI=1S/C11H18N2O4S/c1-8(10(14)15)9-6-13(7-9)11(16)12-2-4-18(17)5-3-12/h8-9H,2-7H2,1H3,(H,14,15). The number of nitrogens with zero attached hydrogens (tertiary/aromatic N) is 2. The highest BCUT2D eigenvalue weighted by Crippen LogP contribution is 2.25. The molecule has 7 heteroatoms. The van der Waals surface area contributed by atoms with Gasteiger partial charge < -0.3 is 14.9 Å². The van der Waals surface area contributed by atoms with Crippen molar-refractivity contribution < 1.29 is 18.9 Å². The van der Waals surface area contributed by atoms with Gasteiger partial charge in [0.2, 0.25) is 0 Å². The summed E-state index contributed by atoms with van der Waals surface area (Å²) in [4.78, 5) is 26.2. The second kappa shape index (κ2) is 5.26. The molecule has 2 aliphatic rings. The number of carboxylic acid groups (broad SMARTS) is 1. The first-order chi connectivity index (χ1) is 8.49. The fourth-order valence-electron chi connectivity index (χ4n) is 2.22. The summed E-state index contributed by atoms with van der Waals surface area (Å²) in [5, 5.41) is 8.87. The quantitative estimate of drug-likeness (QED) is 0.758. The van der Waals surface area contributed by atoms with E-state index in [-0.39, 0.29) is 11.9 Å². The highest BCUT2D eigenvalue weighted by Gasteiger charge is 2.39. The van der Waals surface area contributed by atoms with Crippen LogP contribution in [0.1, 0.15) is 6.92 Å². The first-order valence-electron chi connectivity index (χ1n) is 6.10. The van der Waals surface area contributed by atoms with Crippen LogP contribution in [-0.2, 0) is 15.6 Å². The van der Waals surface area contributed by atoms with Gasteiger partial charge in [0.05, 0.1) is 5.92 Å². The molecular formula is C11H18N2O4S. The molecule has 2 heterocycles. The van der Waals surface area contributed by atoms with Crippen molar-refractivity contribution in [3.8, 4) is 0 Å². The predicted octanol–water partition coefficient (Wildman–Crippen LogP) is -0.177. The minimum Gasteiger partial charge on any atom is -0.481 e. The SMILES string of the molecule is CC(C(=O)O)C1CN(C(=O)N2CCS(=O)CC2)C1. The molecule has 1 atom stereocenters. The van der Waals surface area contributed by atoms with Crippen LogP contribution in [0.3, 0.4) is 0 Å². The van der Waals surface area contributed by atoms with E-state index >= 15 is 0 Å². The smallest absolute Gasteiger partial charge is 0.320 e. The first kappa shape index (κ1) is 13.3. The molecule has 2 aliphatic heterocycles. The summed E-state index contributed by atoms with van der Waals surface area (Å²) in [5.74, 6) is -0.0444. The molecule has 0 aliphatic carbocycles. The summed E-state index contributed by atoms with van der Waals surface area (Å²) in [5.41, 5.74) is 0. The Labute approximate surface area is 108 Å². The molecule has 2 saturated heterocycles. The average molecular weight is 274 g/mol. The lowest BCUT2D eigenvalue weighted by molar-refractivity contribution is -0.144. The Hall–Kier alpha value is -1.11. The van der Waals surface area contributed by atoms with E-state index < -0.39 is 22.7 Å². The van der Waals surface area contributed by atoms with Gasteiger partial charge in [-0.05, 0) is 0 Å². The monoisotopic (exact) mass is 274 g/mol. The van der Waals surface area contributed by atoms with Gasteiger partial charge in [0.25, 0.3) is 0 Å². The van der Waals surface area contributed by atoms with Crippen molar-refractivity contribution in [1.82, 2.24) is 9.80 Å². The lowest BCUT2D eigenvalue weighted by Crippen LogP contribution is -2.58. The van der Waals surface area contributed by atoms with E-state index in [2.05, 4.69) is 0 Å². The summed E-state index contributed by atoms with van der Waals surface area (Å²) in [7, 11) is -0.785. The van der Waals surface area contributed by atoms with Crippen molar-refractivity contribution in [2.45, 2.75) is 6.92 Å². The lowest BCUT2D eigenvalue weighted by atomic mass is 9.87. The minimum atomic E-state index is -0.805. The Morgan fingerprint density at radius 1 is 1.22 bits per heavy atom. The molecule has 2 amide bonds. The van der Waals surface area contributed by atoms with Crippen molar-refractivity contribution in [3.63, 3.8) is 0 Å². The Kier molecular flexibility index (Phi) is 3.89. The summed E-state index contributed by atoms with van der Waals surface area (Å²) in [6.07, 6.45) is 0. The van der Waals surface area contributed by atoms with Gasteiger partial charge in [-0.1, -0.05) is 6.92 Å². The number of rotatable bonds is 2.